The van der Waals surface area contributed by atoms with E-state index in [9.17, 15) is 0 Å². The molecule has 1 N–H and O–H groups in total. The third kappa shape index (κ3) is 3.46. The summed E-state index contributed by atoms with van der Waals surface area (Å²) in [6.45, 7) is 5.10. The molecule has 0 aliphatic rings. The van der Waals surface area contributed by atoms with Crippen LogP contribution in [0, 0.1) is 0 Å². The van der Waals surface area contributed by atoms with Crippen LogP contribution >= 0.6 is 0 Å². The number of likely N-dealkylation sites (N-methyl/N-ethyl adjacent to an activating group) is 1. The highest BCUT2D eigenvalue weighted by atomic mass is 16.5. The lowest BCUT2D eigenvalue weighted by Crippen LogP contribution is -2.24. The zero-order valence-electron chi connectivity index (χ0n) is 12.5. The number of fused-ring (bicyclic) bond motifs is 1. The van der Waals surface area contributed by atoms with Crippen molar-refractivity contribution in [3.63, 3.8) is 0 Å². The van der Waals surface area contributed by atoms with Gasteiger partial charge in [0.2, 0.25) is 0 Å². The lowest BCUT2D eigenvalue weighted by Gasteiger charge is -2.21. The zero-order chi connectivity index (χ0) is 14.4. The van der Waals surface area contributed by atoms with E-state index in [4.69, 9.17) is 9.72 Å². The average molecular weight is 273 g/mol. The molecule has 0 bridgehead atoms. The monoisotopic (exact) mass is 273 g/mol. The Bertz CT molecular complexity index is 556. The Morgan fingerprint density at radius 3 is 2.85 bits per heavy atom. The van der Waals surface area contributed by atoms with Gasteiger partial charge in [0.25, 0.3) is 0 Å². The summed E-state index contributed by atoms with van der Waals surface area (Å²) in [5.41, 5.74) is 1.06. The van der Waals surface area contributed by atoms with Crippen LogP contribution in [0.5, 0.6) is 0 Å². The average Bonchev–Trinajstić information content (AvgIpc) is 2.47. The fraction of sp³-hybridized carbons (Fsp3) is 0.438. The van der Waals surface area contributed by atoms with Crippen molar-refractivity contribution in [2.75, 3.05) is 38.8 Å². The summed E-state index contributed by atoms with van der Waals surface area (Å²) >= 11 is 0. The second-order valence-corrected chi connectivity index (χ2v) is 4.81. The van der Waals surface area contributed by atoms with Gasteiger partial charge in [0, 0.05) is 32.1 Å². The summed E-state index contributed by atoms with van der Waals surface area (Å²) in [4.78, 5) is 6.94. The first-order valence-corrected chi connectivity index (χ1v) is 7.08. The topological polar surface area (TPSA) is 37.4 Å². The Kier molecular flexibility index (Phi) is 5.32. The molecule has 1 aromatic carbocycles. The van der Waals surface area contributed by atoms with E-state index in [-0.39, 0.29) is 0 Å². The normalized spacial score (nSPS) is 10.9. The quantitative estimate of drug-likeness (QED) is 0.786. The number of ether oxygens (including phenoxy) is 1. The van der Waals surface area contributed by atoms with Gasteiger partial charge in [0.1, 0.15) is 5.82 Å². The van der Waals surface area contributed by atoms with E-state index in [0.717, 1.165) is 37.8 Å². The van der Waals surface area contributed by atoms with E-state index in [0.29, 0.717) is 0 Å². The molecule has 0 saturated heterocycles. The molecule has 0 fully saturated rings. The van der Waals surface area contributed by atoms with Crippen molar-refractivity contribution >= 4 is 16.6 Å². The molecular formula is C16H23N3O. The van der Waals surface area contributed by atoms with Gasteiger partial charge in [-0.3, -0.25) is 0 Å². The van der Waals surface area contributed by atoms with Gasteiger partial charge in [-0.15, -0.1) is 0 Å². The van der Waals surface area contributed by atoms with E-state index in [1.807, 2.05) is 14.0 Å². The molecule has 0 amide bonds. The standard InChI is InChI=1S/C16H23N3O/c1-4-20-10-9-19(3)16-15-8-6-5-7-13(15)11-14(18-16)12-17-2/h5-8,11,17H,4,9-10,12H2,1-3H3. The highest BCUT2D eigenvalue weighted by Crippen LogP contribution is 2.24. The van der Waals surface area contributed by atoms with Gasteiger partial charge >= 0.3 is 0 Å². The lowest BCUT2D eigenvalue weighted by atomic mass is 10.1. The number of rotatable bonds is 7. The Morgan fingerprint density at radius 1 is 1.30 bits per heavy atom. The van der Waals surface area contributed by atoms with Crippen LogP contribution in [0.25, 0.3) is 10.8 Å². The van der Waals surface area contributed by atoms with Crippen LogP contribution in [-0.2, 0) is 11.3 Å². The predicted molar refractivity (Wildman–Crippen MR) is 84.3 cm³/mol. The van der Waals surface area contributed by atoms with E-state index in [2.05, 4.69) is 47.6 Å². The zero-order valence-corrected chi connectivity index (χ0v) is 12.5. The summed E-state index contributed by atoms with van der Waals surface area (Å²) in [6.07, 6.45) is 0. The maximum absolute atomic E-state index is 5.43. The molecule has 0 aliphatic carbocycles. The summed E-state index contributed by atoms with van der Waals surface area (Å²) in [7, 11) is 4.01. The Morgan fingerprint density at radius 2 is 2.10 bits per heavy atom. The van der Waals surface area contributed by atoms with Crippen molar-refractivity contribution in [3.8, 4) is 0 Å². The fourth-order valence-electron chi connectivity index (χ4n) is 2.25. The van der Waals surface area contributed by atoms with Crippen molar-refractivity contribution in [2.24, 2.45) is 0 Å². The minimum Gasteiger partial charge on any atom is -0.380 e. The number of nitrogens with one attached hydrogen (secondary N) is 1. The van der Waals surface area contributed by atoms with Crippen LogP contribution < -0.4 is 10.2 Å². The van der Waals surface area contributed by atoms with Gasteiger partial charge in [-0.2, -0.15) is 0 Å². The van der Waals surface area contributed by atoms with E-state index in [1.165, 1.54) is 10.8 Å². The van der Waals surface area contributed by atoms with Crippen molar-refractivity contribution in [1.29, 1.82) is 0 Å². The number of hydrogen-bond acceptors (Lipinski definition) is 4. The Balaban J connectivity index is 2.33. The molecule has 4 heteroatoms. The summed E-state index contributed by atoms with van der Waals surface area (Å²) in [5.74, 6) is 1.02. The molecule has 0 saturated carbocycles. The minimum absolute atomic E-state index is 0.721. The van der Waals surface area contributed by atoms with Crippen LogP contribution in [0.15, 0.2) is 30.3 Å². The number of pyridine rings is 1. The van der Waals surface area contributed by atoms with Gasteiger partial charge in [-0.05, 0) is 25.4 Å². The summed E-state index contributed by atoms with van der Waals surface area (Å²) in [5, 5.41) is 5.58. The fourth-order valence-corrected chi connectivity index (χ4v) is 2.25. The number of nitrogens with zero attached hydrogens (tertiary/aromatic N) is 2. The maximum Gasteiger partial charge on any atom is 0.136 e. The van der Waals surface area contributed by atoms with Gasteiger partial charge in [0.05, 0.1) is 12.3 Å². The molecule has 0 radical (unpaired) electrons. The molecular weight excluding hydrogens is 250 g/mol. The van der Waals surface area contributed by atoms with Gasteiger partial charge in [-0.1, -0.05) is 24.3 Å². The van der Waals surface area contributed by atoms with Crippen molar-refractivity contribution in [2.45, 2.75) is 13.5 Å². The van der Waals surface area contributed by atoms with Gasteiger partial charge in [-0.25, -0.2) is 4.98 Å². The molecule has 2 aromatic rings. The highest BCUT2D eigenvalue weighted by molar-refractivity contribution is 5.92. The molecule has 0 aliphatic heterocycles. The molecule has 0 unspecified atom stereocenters. The van der Waals surface area contributed by atoms with Crippen molar-refractivity contribution < 1.29 is 4.74 Å². The number of benzene rings is 1. The van der Waals surface area contributed by atoms with E-state index in [1.54, 1.807) is 0 Å². The maximum atomic E-state index is 5.43. The Labute approximate surface area is 120 Å². The first kappa shape index (κ1) is 14.8. The van der Waals surface area contributed by atoms with Crippen molar-refractivity contribution in [3.05, 3.63) is 36.0 Å². The SMILES string of the molecule is CCOCCN(C)c1nc(CNC)cc2ccccc12. The summed E-state index contributed by atoms with van der Waals surface area (Å²) in [6, 6.07) is 10.5. The molecule has 0 spiro atoms. The molecule has 108 valence electrons. The second-order valence-electron chi connectivity index (χ2n) is 4.81. The third-order valence-corrected chi connectivity index (χ3v) is 3.27. The molecule has 2 rings (SSSR count). The van der Waals surface area contributed by atoms with Gasteiger partial charge in [0.15, 0.2) is 0 Å². The predicted octanol–water partition coefficient (Wildman–Crippen LogP) is 2.43. The van der Waals surface area contributed by atoms with Crippen LogP contribution in [0.4, 0.5) is 5.82 Å². The third-order valence-electron chi connectivity index (χ3n) is 3.27. The second kappa shape index (κ2) is 7.22. The van der Waals surface area contributed by atoms with Crippen LogP contribution in [-0.4, -0.2) is 38.8 Å². The molecule has 1 aromatic heterocycles. The first-order valence-electron chi connectivity index (χ1n) is 7.08. The largest absolute Gasteiger partial charge is 0.380 e. The van der Waals surface area contributed by atoms with Crippen LogP contribution in [0.2, 0.25) is 0 Å². The molecule has 4 nitrogen and oxygen atoms in total. The van der Waals surface area contributed by atoms with Crippen molar-refractivity contribution in [1.82, 2.24) is 10.3 Å². The number of aromatic nitrogens is 1. The van der Waals surface area contributed by atoms with E-state index >= 15 is 0 Å². The molecule has 20 heavy (non-hydrogen) atoms. The summed E-state index contributed by atoms with van der Waals surface area (Å²) < 4.78 is 5.43. The van der Waals surface area contributed by atoms with Gasteiger partial charge < -0.3 is 15.0 Å². The van der Waals surface area contributed by atoms with Crippen LogP contribution in [0.1, 0.15) is 12.6 Å². The lowest BCUT2D eigenvalue weighted by molar-refractivity contribution is 0.154. The number of anilines is 1. The first-order chi connectivity index (χ1) is 9.76. The minimum atomic E-state index is 0.721. The molecule has 1 heterocycles. The smallest absolute Gasteiger partial charge is 0.136 e. The highest BCUT2D eigenvalue weighted by Gasteiger charge is 2.09. The molecule has 0 atom stereocenters. The Hall–Kier alpha value is -1.65. The van der Waals surface area contributed by atoms with E-state index < -0.39 is 0 Å². The van der Waals surface area contributed by atoms with Crippen LogP contribution in [0.3, 0.4) is 0 Å². The number of hydrogen-bond donors (Lipinski definition) is 1.